The Morgan fingerprint density at radius 2 is 1.88 bits per heavy atom. The highest BCUT2D eigenvalue weighted by Crippen LogP contribution is 2.26. The summed E-state index contributed by atoms with van der Waals surface area (Å²) < 4.78 is 5.07. The summed E-state index contributed by atoms with van der Waals surface area (Å²) in [6.45, 7) is 1.73. The van der Waals surface area contributed by atoms with Crippen LogP contribution < -0.4 is 4.74 Å². The molecule has 1 saturated heterocycles. The van der Waals surface area contributed by atoms with E-state index in [2.05, 4.69) is 0 Å². The highest BCUT2D eigenvalue weighted by atomic mass is 16.5. The van der Waals surface area contributed by atoms with Crippen LogP contribution in [0.2, 0.25) is 0 Å². The summed E-state index contributed by atoms with van der Waals surface area (Å²) in [4.78, 5) is 13.4. The van der Waals surface area contributed by atoms with Crippen molar-refractivity contribution in [2.75, 3.05) is 20.2 Å². The predicted octanol–water partition coefficient (Wildman–Crippen LogP) is 1.92. The average molecular weight is 235 g/mol. The lowest BCUT2D eigenvalue weighted by molar-refractivity contribution is -0.143. The van der Waals surface area contributed by atoms with Gasteiger partial charge in [-0.1, -0.05) is 12.1 Å². The first kappa shape index (κ1) is 11.9. The maximum absolute atomic E-state index is 11.4. The van der Waals surface area contributed by atoms with Crippen LogP contribution in [-0.2, 0) is 4.79 Å². The van der Waals surface area contributed by atoms with Crippen molar-refractivity contribution in [2.24, 2.45) is 0 Å². The molecule has 1 atom stereocenters. The number of benzene rings is 1. The lowest BCUT2D eigenvalue weighted by Gasteiger charge is -2.24. The van der Waals surface area contributed by atoms with Gasteiger partial charge in [-0.3, -0.25) is 9.69 Å². The molecule has 1 aliphatic heterocycles. The smallest absolute Gasteiger partial charge is 0.325 e. The Balaban J connectivity index is 2.22. The molecule has 0 bridgehead atoms. The molecular formula is C13H17NO3. The fourth-order valence-electron chi connectivity index (χ4n) is 2.30. The second-order valence-electron chi connectivity index (χ2n) is 4.26. The maximum atomic E-state index is 11.4. The van der Waals surface area contributed by atoms with Gasteiger partial charge in [-0.15, -0.1) is 0 Å². The molecule has 4 nitrogen and oxygen atoms in total. The first-order valence-corrected chi connectivity index (χ1v) is 5.83. The average Bonchev–Trinajstić information content (AvgIpc) is 2.83. The highest BCUT2D eigenvalue weighted by Gasteiger charge is 2.29. The van der Waals surface area contributed by atoms with E-state index < -0.39 is 12.0 Å². The summed E-state index contributed by atoms with van der Waals surface area (Å²) in [7, 11) is 1.60. The van der Waals surface area contributed by atoms with Gasteiger partial charge in [-0.25, -0.2) is 0 Å². The number of carboxylic acid groups (broad SMARTS) is 1. The van der Waals surface area contributed by atoms with Crippen LogP contribution in [0.3, 0.4) is 0 Å². The second kappa shape index (κ2) is 5.19. The summed E-state index contributed by atoms with van der Waals surface area (Å²) in [6.07, 6.45) is 2.17. The van der Waals surface area contributed by atoms with Crippen molar-refractivity contribution in [1.82, 2.24) is 4.90 Å². The van der Waals surface area contributed by atoms with Crippen LogP contribution in [0.4, 0.5) is 0 Å². The van der Waals surface area contributed by atoms with Crippen molar-refractivity contribution in [3.63, 3.8) is 0 Å². The summed E-state index contributed by atoms with van der Waals surface area (Å²) in [6, 6.07) is 6.75. The Hall–Kier alpha value is -1.55. The van der Waals surface area contributed by atoms with Gasteiger partial charge in [0.05, 0.1) is 7.11 Å². The normalized spacial score (nSPS) is 17.9. The fourth-order valence-corrected chi connectivity index (χ4v) is 2.30. The number of carbonyl (C=O) groups is 1. The van der Waals surface area contributed by atoms with Crippen LogP contribution >= 0.6 is 0 Å². The van der Waals surface area contributed by atoms with Crippen LogP contribution in [0.25, 0.3) is 0 Å². The number of methoxy groups -OCH3 is 1. The van der Waals surface area contributed by atoms with Gasteiger partial charge in [-0.2, -0.15) is 0 Å². The van der Waals surface area contributed by atoms with E-state index >= 15 is 0 Å². The van der Waals surface area contributed by atoms with Crippen LogP contribution in [-0.4, -0.2) is 36.2 Å². The zero-order valence-electron chi connectivity index (χ0n) is 9.93. The largest absolute Gasteiger partial charge is 0.497 e. The van der Waals surface area contributed by atoms with Gasteiger partial charge in [0.1, 0.15) is 11.8 Å². The third-order valence-corrected chi connectivity index (χ3v) is 3.17. The van der Waals surface area contributed by atoms with Gasteiger partial charge < -0.3 is 9.84 Å². The molecule has 17 heavy (non-hydrogen) atoms. The Morgan fingerprint density at radius 3 is 2.35 bits per heavy atom. The first-order chi connectivity index (χ1) is 8.22. The van der Waals surface area contributed by atoms with E-state index in [4.69, 9.17) is 4.74 Å². The molecule has 1 aromatic carbocycles. The van der Waals surface area contributed by atoms with Gasteiger partial charge in [0.25, 0.3) is 0 Å². The zero-order valence-corrected chi connectivity index (χ0v) is 9.93. The number of likely N-dealkylation sites (tertiary alicyclic amines) is 1. The maximum Gasteiger partial charge on any atom is 0.325 e. The Kier molecular flexibility index (Phi) is 3.64. The molecule has 1 fully saturated rings. The lowest BCUT2D eigenvalue weighted by atomic mass is 10.1. The number of carboxylic acids is 1. The molecule has 0 amide bonds. The molecule has 4 heteroatoms. The van der Waals surface area contributed by atoms with Crippen molar-refractivity contribution >= 4 is 5.97 Å². The molecule has 1 heterocycles. The van der Waals surface area contributed by atoms with Crippen molar-refractivity contribution < 1.29 is 14.6 Å². The molecule has 0 aliphatic carbocycles. The number of hydrogen-bond donors (Lipinski definition) is 1. The van der Waals surface area contributed by atoms with Gasteiger partial charge in [-0.05, 0) is 43.6 Å². The van der Waals surface area contributed by atoms with Crippen LogP contribution in [0.15, 0.2) is 24.3 Å². The van der Waals surface area contributed by atoms with E-state index in [9.17, 15) is 9.90 Å². The standard InChI is InChI=1S/C13H17NO3/c1-17-11-6-4-10(5-7-11)12(13(15)16)14-8-2-3-9-14/h4-7,12H,2-3,8-9H2,1H3,(H,15,16). The molecule has 1 aromatic rings. The molecule has 0 saturated carbocycles. The van der Waals surface area contributed by atoms with Gasteiger partial charge >= 0.3 is 5.97 Å². The molecule has 0 aromatic heterocycles. The molecule has 92 valence electrons. The highest BCUT2D eigenvalue weighted by molar-refractivity contribution is 5.75. The number of ether oxygens (including phenoxy) is 1. The minimum absolute atomic E-state index is 0.525. The number of nitrogens with zero attached hydrogens (tertiary/aromatic N) is 1. The second-order valence-corrected chi connectivity index (χ2v) is 4.26. The molecule has 1 N–H and O–H groups in total. The third kappa shape index (κ3) is 2.58. The molecule has 0 radical (unpaired) electrons. The summed E-state index contributed by atoms with van der Waals surface area (Å²) >= 11 is 0. The molecule has 1 aliphatic rings. The minimum atomic E-state index is -0.780. The van der Waals surface area contributed by atoms with Crippen LogP contribution in [0, 0.1) is 0 Å². The SMILES string of the molecule is COc1ccc(C(C(=O)O)N2CCCC2)cc1. The summed E-state index contributed by atoms with van der Waals surface area (Å²) in [5, 5.41) is 9.34. The van der Waals surface area contributed by atoms with Crippen LogP contribution in [0.5, 0.6) is 5.75 Å². The van der Waals surface area contributed by atoms with E-state index in [0.717, 1.165) is 37.2 Å². The van der Waals surface area contributed by atoms with Gasteiger partial charge in [0.15, 0.2) is 0 Å². The molecule has 2 rings (SSSR count). The topological polar surface area (TPSA) is 49.8 Å². The van der Waals surface area contributed by atoms with E-state index in [1.165, 1.54) is 0 Å². The first-order valence-electron chi connectivity index (χ1n) is 5.83. The summed E-state index contributed by atoms with van der Waals surface area (Å²) in [5.74, 6) is -0.0311. The molecule has 1 unspecified atom stereocenters. The van der Waals surface area contributed by atoms with E-state index in [1.807, 2.05) is 17.0 Å². The Morgan fingerprint density at radius 1 is 1.29 bits per heavy atom. The summed E-state index contributed by atoms with van der Waals surface area (Å²) in [5.41, 5.74) is 0.820. The molecule has 0 spiro atoms. The Labute approximate surface area is 101 Å². The quantitative estimate of drug-likeness (QED) is 0.866. The van der Waals surface area contributed by atoms with Gasteiger partial charge in [0, 0.05) is 0 Å². The van der Waals surface area contributed by atoms with Crippen molar-refractivity contribution in [2.45, 2.75) is 18.9 Å². The lowest BCUT2D eigenvalue weighted by Crippen LogP contribution is -2.31. The predicted molar refractivity (Wildman–Crippen MR) is 64.2 cm³/mol. The molecular weight excluding hydrogens is 218 g/mol. The fraction of sp³-hybridized carbons (Fsp3) is 0.462. The minimum Gasteiger partial charge on any atom is -0.497 e. The van der Waals surface area contributed by atoms with Crippen molar-refractivity contribution in [3.8, 4) is 5.75 Å². The van der Waals surface area contributed by atoms with Crippen molar-refractivity contribution in [3.05, 3.63) is 29.8 Å². The van der Waals surface area contributed by atoms with E-state index in [-0.39, 0.29) is 0 Å². The zero-order chi connectivity index (χ0) is 12.3. The van der Waals surface area contributed by atoms with E-state index in [1.54, 1.807) is 19.2 Å². The number of hydrogen-bond acceptors (Lipinski definition) is 3. The van der Waals surface area contributed by atoms with Crippen LogP contribution in [0.1, 0.15) is 24.4 Å². The van der Waals surface area contributed by atoms with Crippen molar-refractivity contribution in [1.29, 1.82) is 0 Å². The Bertz CT molecular complexity index is 382. The monoisotopic (exact) mass is 235 g/mol. The van der Waals surface area contributed by atoms with Gasteiger partial charge in [0.2, 0.25) is 0 Å². The third-order valence-electron chi connectivity index (χ3n) is 3.17. The van der Waals surface area contributed by atoms with E-state index in [0.29, 0.717) is 0 Å². The number of aliphatic carboxylic acids is 1. The number of rotatable bonds is 4.